The van der Waals surface area contributed by atoms with E-state index in [4.69, 9.17) is 5.11 Å². The van der Waals surface area contributed by atoms with Gasteiger partial charge in [0.2, 0.25) is 0 Å². The van der Waals surface area contributed by atoms with E-state index >= 15 is 0 Å². The number of aromatic carboxylic acids is 1. The van der Waals surface area contributed by atoms with E-state index < -0.39 is 17.7 Å². The summed E-state index contributed by atoms with van der Waals surface area (Å²) < 4.78 is 14.2. The van der Waals surface area contributed by atoms with Gasteiger partial charge in [-0.25, -0.2) is 9.18 Å². The molecule has 2 aromatic carbocycles. The summed E-state index contributed by atoms with van der Waals surface area (Å²) in [4.78, 5) is 23.2. The monoisotopic (exact) mass is 415 g/mol. The fraction of sp³-hybridized carbons (Fsp3) is 0. The highest BCUT2D eigenvalue weighted by Crippen LogP contribution is 2.22. The summed E-state index contributed by atoms with van der Waals surface area (Å²) in [7, 11) is 0. The van der Waals surface area contributed by atoms with Gasteiger partial charge in [-0.3, -0.25) is 4.79 Å². The third-order valence-electron chi connectivity index (χ3n) is 2.64. The van der Waals surface area contributed by atoms with E-state index in [-0.39, 0.29) is 21.3 Å². The highest BCUT2D eigenvalue weighted by Gasteiger charge is 2.15. The van der Waals surface area contributed by atoms with Gasteiger partial charge in [0.15, 0.2) is 0 Å². The molecular formula is C14H8Br2FNO3. The number of hydrogen-bond acceptors (Lipinski definition) is 2. The highest BCUT2D eigenvalue weighted by molar-refractivity contribution is 9.10. The number of carbonyl (C=O) groups is 2. The Labute approximate surface area is 136 Å². The Morgan fingerprint density at radius 1 is 1.10 bits per heavy atom. The Hall–Kier alpha value is -1.73. The summed E-state index contributed by atoms with van der Waals surface area (Å²) >= 11 is 6.16. The number of benzene rings is 2. The first-order chi connectivity index (χ1) is 9.88. The molecule has 0 heterocycles. The summed E-state index contributed by atoms with van der Waals surface area (Å²) in [5.74, 6) is -2.34. The Morgan fingerprint density at radius 2 is 1.81 bits per heavy atom. The number of halogens is 3. The normalized spacial score (nSPS) is 10.2. The number of carboxylic acid groups (broad SMARTS) is 1. The van der Waals surface area contributed by atoms with Gasteiger partial charge in [-0.15, -0.1) is 0 Å². The molecule has 0 spiro atoms. The molecular weight excluding hydrogens is 409 g/mol. The molecule has 108 valence electrons. The van der Waals surface area contributed by atoms with Gasteiger partial charge >= 0.3 is 5.97 Å². The molecule has 4 nitrogen and oxygen atoms in total. The molecule has 2 aromatic rings. The van der Waals surface area contributed by atoms with Crippen molar-refractivity contribution in [3.8, 4) is 0 Å². The van der Waals surface area contributed by atoms with Gasteiger partial charge in [0.1, 0.15) is 5.82 Å². The fourth-order valence-electron chi connectivity index (χ4n) is 1.63. The van der Waals surface area contributed by atoms with Crippen LogP contribution >= 0.6 is 31.9 Å². The minimum Gasteiger partial charge on any atom is -0.478 e. The zero-order valence-corrected chi connectivity index (χ0v) is 13.5. The number of amides is 1. The van der Waals surface area contributed by atoms with Gasteiger partial charge in [0.25, 0.3) is 5.91 Å². The zero-order valence-electron chi connectivity index (χ0n) is 10.4. The molecule has 7 heteroatoms. The second-order valence-electron chi connectivity index (χ2n) is 4.08. The van der Waals surface area contributed by atoms with Crippen molar-refractivity contribution in [1.29, 1.82) is 0 Å². The summed E-state index contributed by atoms with van der Waals surface area (Å²) in [6.45, 7) is 0. The van der Waals surface area contributed by atoms with Crippen molar-refractivity contribution in [2.24, 2.45) is 0 Å². The van der Waals surface area contributed by atoms with Gasteiger partial charge in [0.05, 0.1) is 15.7 Å². The number of nitrogens with one attached hydrogen (secondary N) is 1. The van der Waals surface area contributed by atoms with Crippen LogP contribution in [0.4, 0.5) is 10.1 Å². The van der Waals surface area contributed by atoms with Gasteiger partial charge in [-0.2, -0.15) is 0 Å². The maximum atomic E-state index is 13.4. The zero-order chi connectivity index (χ0) is 15.6. The van der Waals surface area contributed by atoms with E-state index in [9.17, 15) is 14.0 Å². The molecule has 0 aliphatic carbocycles. The van der Waals surface area contributed by atoms with Crippen molar-refractivity contribution in [2.75, 3.05) is 5.32 Å². The largest absolute Gasteiger partial charge is 0.478 e. The molecule has 0 aliphatic heterocycles. The van der Waals surface area contributed by atoms with Gasteiger partial charge in [-0.1, -0.05) is 15.9 Å². The first-order valence-corrected chi connectivity index (χ1v) is 7.26. The van der Waals surface area contributed by atoms with Gasteiger partial charge in [0, 0.05) is 10.0 Å². The molecule has 2 N–H and O–H groups in total. The molecule has 0 unspecified atom stereocenters. The van der Waals surface area contributed by atoms with Crippen LogP contribution in [0.15, 0.2) is 45.3 Å². The molecule has 0 atom stereocenters. The summed E-state index contributed by atoms with van der Waals surface area (Å²) in [6.07, 6.45) is 0. The van der Waals surface area contributed by atoms with Crippen molar-refractivity contribution in [3.05, 3.63) is 62.3 Å². The molecule has 0 saturated heterocycles. The van der Waals surface area contributed by atoms with Gasteiger partial charge < -0.3 is 10.4 Å². The molecule has 2 rings (SSSR count). The second kappa shape index (κ2) is 6.36. The highest BCUT2D eigenvalue weighted by atomic mass is 79.9. The number of hydrogen-bond donors (Lipinski definition) is 2. The number of anilines is 1. The van der Waals surface area contributed by atoms with Crippen molar-refractivity contribution in [3.63, 3.8) is 0 Å². The average molecular weight is 417 g/mol. The van der Waals surface area contributed by atoms with E-state index in [1.807, 2.05) is 0 Å². The Kier molecular flexibility index (Phi) is 4.74. The number of carboxylic acids is 1. The summed E-state index contributed by atoms with van der Waals surface area (Å²) in [5, 5.41) is 11.6. The molecule has 0 radical (unpaired) electrons. The van der Waals surface area contributed by atoms with Crippen LogP contribution < -0.4 is 5.32 Å². The number of carbonyl (C=O) groups excluding carboxylic acids is 1. The topological polar surface area (TPSA) is 66.4 Å². The maximum Gasteiger partial charge on any atom is 0.337 e. The van der Waals surface area contributed by atoms with Crippen LogP contribution in [0.2, 0.25) is 0 Å². The van der Waals surface area contributed by atoms with Crippen molar-refractivity contribution in [2.45, 2.75) is 0 Å². The average Bonchev–Trinajstić information content (AvgIpc) is 2.43. The molecule has 1 amide bonds. The molecule has 0 bridgehead atoms. The smallest absolute Gasteiger partial charge is 0.337 e. The van der Waals surface area contributed by atoms with Crippen LogP contribution in [0.1, 0.15) is 20.7 Å². The van der Waals surface area contributed by atoms with Crippen LogP contribution in [-0.4, -0.2) is 17.0 Å². The van der Waals surface area contributed by atoms with E-state index in [1.165, 1.54) is 24.3 Å². The Bertz CT molecular complexity index is 734. The second-order valence-corrected chi connectivity index (χ2v) is 5.85. The lowest BCUT2D eigenvalue weighted by molar-refractivity contribution is 0.0698. The van der Waals surface area contributed by atoms with Crippen LogP contribution in [-0.2, 0) is 0 Å². The van der Waals surface area contributed by atoms with Crippen LogP contribution in [0.25, 0.3) is 0 Å². The van der Waals surface area contributed by atoms with Crippen molar-refractivity contribution < 1.29 is 19.1 Å². The molecule has 0 fully saturated rings. The maximum absolute atomic E-state index is 13.4. The van der Waals surface area contributed by atoms with E-state index in [1.54, 1.807) is 6.07 Å². The predicted octanol–water partition coefficient (Wildman–Crippen LogP) is 4.30. The number of rotatable bonds is 3. The molecule has 0 aliphatic rings. The van der Waals surface area contributed by atoms with E-state index in [0.717, 1.165) is 6.07 Å². The Morgan fingerprint density at radius 3 is 2.43 bits per heavy atom. The van der Waals surface area contributed by atoms with E-state index in [0.29, 0.717) is 4.47 Å². The van der Waals surface area contributed by atoms with Crippen molar-refractivity contribution >= 4 is 49.4 Å². The standard InChI is InChI=1S/C14H8Br2FNO3/c15-8-2-4-12(9(6-8)14(20)21)18-13(19)7-1-3-10(16)11(17)5-7/h1-6H,(H,18,19)(H,20,21). The lowest BCUT2D eigenvalue weighted by Crippen LogP contribution is -2.15. The molecule has 0 aromatic heterocycles. The van der Waals surface area contributed by atoms with Crippen molar-refractivity contribution in [1.82, 2.24) is 0 Å². The fourth-order valence-corrected chi connectivity index (χ4v) is 2.24. The molecule has 0 saturated carbocycles. The third kappa shape index (κ3) is 3.68. The SMILES string of the molecule is O=C(Nc1ccc(Br)cc1C(=O)O)c1ccc(Br)c(F)c1. The van der Waals surface area contributed by atoms with E-state index in [2.05, 4.69) is 37.2 Å². The Balaban J connectivity index is 2.31. The third-order valence-corrected chi connectivity index (χ3v) is 3.78. The lowest BCUT2D eigenvalue weighted by atomic mass is 10.1. The molecule has 21 heavy (non-hydrogen) atoms. The predicted molar refractivity (Wildman–Crippen MR) is 83.2 cm³/mol. The first-order valence-electron chi connectivity index (χ1n) is 5.67. The first kappa shape index (κ1) is 15.7. The van der Waals surface area contributed by atoms with Crippen LogP contribution in [0.5, 0.6) is 0 Å². The van der Waals surface area contributed by atoms with Gasteiger partial charge in [-0.05, 0) is 52.3 Å². The van der Waals surface area contributed by atoms with Crippen LogP contribution in [0, 0.1) is 5.82 Å². The lowest BCUT2D eigenvalue weighted by Gasteiger charge is -2.09. The summed E-state index contributed by atoms with van der Waals surface area (Å²) in [5.41, 5.74) is 0.171. The summed E-state index contributed by atoms with van der Waals surface area (Å²) in [6, 6.07) is 8.34. The minimum absolute atomic E-state index is 0.0599. The van der Waals surface area contributed by atoms with Crippen LogP contribution in [0.3, 0.4) is 0 Å². The minimum atomic E-state index is -1.17. The quantitative estimate of drug-likeness (QED) is 0.783.